The van der Waals surface area contributed by atoms with Crippen LogP contribution in [0.5, 0.6) is 0 Å². The van der Waals surface area contributed by atoms with Crippen LogP contribution in [-0.4, -0.2) is 65.8 Å². The number of aryl methyl sites for hydroxylation is 1. The van der Waals surface area contributed by atoms with Gasteiger partial charge in [0.1, 0.15) is 11.6 Å². The minimum absolute atomic E-state index is 0.0189. The summed E-state index contributed by atoms with van der Waals surface area (Å²) in [4.78, 5) is 69.7. The SMILES string of the molecule is Cc1ccc(N2CC(C#CC(C=NC(C)(C)C(=O)Nc3ccc(C(F)(F)F)cc3-c3ccccc3)=CN)C2)cc1C(=O)N(C=O)C1CCC(=O)NC1=O. The molecule has 2 aliphatic heterocycles. The van der Waals surface area contributed by atoms with Gasteiger partial charge in [-0.25, -0.2) is 0 Å². The molecule has 5 amide bonds. The zero-order valence-corrected chi connectivity index (χ0v) is 29.2. The second-order valence-corrected chi connectivity index (χ2v) is 13.2. The Hall–Kier alpha value is -6.23. The van der Waals surface area contributed by atoms with E-state index >= 15 is 0 Å². The molecule has 0 radical (unpaired) electrons. The van der Waals surface area contributed by atoms with Crippen molar-refractivity contribution < 1.29 is 37.1 Å². The predicted molar refractivity (Wildman–Crippen MR) is 193 cm³/mol. The highest BCUT2D eigenvalue weighted by atomic mass is 19.4. The lowest BCUT2D eigenvalue weighted by Crippen LogP contribution is -2.54. The van der Waals surface area contributed by atoms with Crippen molar-refractivity contribution in [3.8, 4) is 23.0 Å². The number of amides is 5. The van der Waals surface area contributed by atoms with Gasteiger partial charge in [-0.2, -0.15) is 13.2 Å². The van der Waals surface area contributed by atoms with E-state index in [4.69, 9.17) is 5.73 Å². The van der Waals surface area contributed by atoms with Crippen molar-refractivity contribution in [2.45, 2.75) is 51.4 Å². The molecule has 53 heavy (non-hydrogen) atoms. The van der Waals surface area contributed by atoms with Crippen molar-refractivity contribution in [3.63, 3.8) is 0 Å². The highest BCUT2D eigenvalue weighted by molar-refractivity contribution is 6.08. The number of carbonyl (C=O) groups is 5. The Kier molecular flexibility index (Phi) is 11.2. The first kappa shape index (κ1) is 38.0. The molecule has 3 aromatic rings. The number of nitrogens with one attached hydrogen (secondary N) is 2. The Morgan fingerprint density at radius 3 is 2.42 bits per heavy atom. The van der Waals surface area contributed by atoms with Crippen molar-refractivity contribution in [1.29, 1.82) is 0 Å². The zero-order chi connectivity index (χ0) is 38.5. The third-order valence-corrected chi connectivity index (χ3v) is 8.95. The van der Waals surface area contributed by atoms with Gasteiger partial charge in [0.2, 0.25) is 18.2 Å². The molecule has 4 N–H and O–H groups in total. The van der Waals surface area contributed by atoms with Crippen molar-refractivity contribution in [1.82, 2.24) is 10.2 Å². The van der Waals surface area contributed by atoms with Crippen molar-refractivity contribution in [2.24, 2.45) is 16.6 Å². The van der Waals surface area contributed by atoms with Gasteiger partial charge >= 0.3 is 6.18 Å². The number of allylic oxidation sites excluding steroid dienone is 1. The Bertz CT molecular complexity index is 2060. The Balaban J connectivity index is 1.22. The Morgan fingerprint density at radius 2 is 1.77 bits per heavy atom. The number of rotatable bonds is 9. The van der Waals surface area contributed by atoms with Crippen LogP contribution in [0.2, 0.25) is 0 Å². The summed E-state index contributed by atoms with van der Waals surface area (Å²) in [5.41, 5.74) is 6.44. The number of benzene rings is 3. The van der Waals surface area contributed by atoms with E-state index in [1.165, 1.54) is 18.5 Å². The van der Waals surface area contributed by atoms with E-state index in [9.17, 15) is 37.1 Å². The van der Waals surface area contributed by atoms with Crippen LogP contribution >= 0.6 is 0 Å². The fourth-order valence-corrected chi connectivity index (χ4v) is 5.72. The number of alkyl halides is 3. The van der Waals surface area contributed by atoms with Crippen LogP contribution in [0.3, 0.4) is 0 Å². The molecule has 14 heteroatoms. The number of nitrogens with two attached hydrogens (primary N) is 1. The summed E-state index contributed by atoms with van der Waals surface area (Å²) in [5.74, 6) is 3.68. The largest absolute Gasteiger partial charge is 0.416 e. The molecule has 3 aromatic carbocycles. The summed E-state index contributed by atoms with van der Waals surface area (Å²) in [5, 5.41) is 4.88. The molecule has 0 aromatic heterocycles. The first-order chi connectivity index (χ1) is 25.1. The summed E-state index contributed by atoms with van der Waals surface area (Å²) >= 11 is 0. The van der Waals surface area contributed by atoms with Gasteiger partial charge in [-0.1, -0.05) is 48.2 Å². The van der Waals surface area contributed by atoms with Crippen LogP contribution in [0.1, 0.15) is 48.2 Å². The standard InChI is InChI=1S/C39H37F3N6O5/c1-24-9-13-29(18-30(24)36(52)48(23-49)33-15-16-34(50)46-35(33)51)47-21-26(22-47)11-10-25(19-43)20-44-38(2,3)37(53)45-32-14-12-28(39(40,41)42)17-31(32)27-7-5-4-6-8-27/h4-9,12-14,17-20,23,26,33H,15-16,21-22,43H2,1-3H3,(H,45,53)(H,46,50,51). The number of imide groups is 2. The molecule has 2 saturated heterocycles. The van der Waals surface area contributed by atoms with Gasteiger partial charge in [0.25, 0.3) is 11.8 Å². The number of nitrogens with zero attached hydrogens (tertiary/aromatic N) is 3. The normalized spacial score (nSPS) is 16.7. The lowest BCUT2D eigenvalue weighted by molar-refractivity contribution is -0.139. The molecule has 5 rings (SSSR count). The Morgan fingerprint density at radius 1 is 1.06 bits per heavy atom. The van der Waals surface area contributed by atoms with E-state index in [0.717, 1.165) is 22.7 Å². The number of hydrogen-bond donors (Lipinski definition) is 3. The van der Waals surface area contributed by atoms with Gasteiger partial charge in [-0.05, 0) is 68.7 Å². The molecular weight excluding hydrogens is 689 g/mol. The highest BCUT2D eigenvalue weighted by Gasteiger charge is 2.36. The second-order valence-electron chi connectivity index (χ2n) is 13.2. The average molecular weight is 727 g/mol. The van der Waals surface area contributed by atoms with Crippen LogP contribution in [0.4, 0.5) is 24.5 Å². The molecule has 11 nitrogen and oxygen atoms in total. The molecule has 0 spiro atoms. The van der Waals surface area contributed by atoms with Gasteiger partial charge in [-0.3, -0.25) is 39.2 Å². The van der Waals surface area contributed by atoms with Crippen molar-refractivity contribution >= 4 is 47.6 Å². The molecule has 274 valence electrons. The second kappa shape index (κ2) is 15.6. The monoisotopic (exact) mass is 726 g/mol. The topological polar surface area (TPSA) is 154 Å². The van der Waals surface area contributed by atoms with Gasteiger partial charge in [0.05, 0.1) is 17.1 Å². The van der Waals surface area contributed by atoms with E-state index < -0.39 is 46.9 Å². The zero-order valence-electron chi connectivity index (χ0n) is 29.2. The highest BCUT2D eigenvalue weighted by Crippen LogP contribution is 2.36. The van der Waals surface area contributed by atoms with Crippen LogP contribution in [0, 0.1) is 24.7 Å². The molecule has 1 unspecified atom stereocenters. The van der Waals surface area contributed by atoms with Crippen LogP contribution in [-0.2, 0) is 25.4 Å². The molecule has 2 aliphatic rings. The van der Waals surface area contributed by atoms with E-state index in [0.29, 0.717) is 36.2 Å². The summed E-state index contributed by atoms with van der Waals surface area (Å²) in [6.45, 7) is 5.87. The summed E-state index contributed by atoms with van der Waals surface area (Å²) in [6.07, 6.45) is -1.57. The van der Waals surface area contributed by atoms with E-state index in [1.54, 1.807) is 63.2 Å². The average Bonchev–Trinajstić information content (AvgIpc) is 3.10. The summed E-state index contributed by atoms with van der Waals surface area (Å²) in [6, 6.07) is 15.7. The maximum absolute atomic E-state index is 13.5. The number of halogens is 3. The Labute approximate surface area is 304 Å². The van der Waals surface area contributed by atoms with E-state index in [1.807, 2.05) is 11.0 Å². The maximum Gasteiger partial charge on any atom is 0.416 e. The van der Waals surface area contributed by atoms with E-state index in [-0.39, 0.29) is 35.6 Å². The first-order valence-electron chi connectivity index (χ1n) is 16.7. The quantitative estimate of drug-likeness (QED) is 0.123. The van der Waals surface area contributed by atoms with Gasteiger partial charge in [0.15, 0.2) is 0 Å². The van der Waals surface area contributed by atoms with Gasteiger partial charge < -0.3 is 16.0 Å². The fourth-order valence-electron chi connectivity index (χ4n) is 5.72. The molecule has 2 heterocycles. The molecule has 0 bridgehead atoms. The predicted octanol–water partition coefficient (Wildman–Crippen LogP) is 4.85. The van der Waals surface area contributed by atoms with Crippen molar-refractivity contribution in [3.05, 3.63) is 95.2 Å². The molecule has 0 aliphatic carbocycles. The number of carbonyl (C=O) groups excluding carboxylic acids is 5. The van der Waals surface area contributed by atoms with Crippen LogP contribution in [0.25, 0.3) is 11.1 Å². The summed E-state index contributed by atoms with van der Waals surface area (Å²) < 4.78 is 40.5. The lowest BCUT2D eigenvalue weighted by atomic mass is 9.97. The van der Waals surface area contributed by atoms with E-state index in [2.05, 4.69) is 27.5 Å². The molecule has 2 fully saturated rings. The fraction of sp³-hybridized carbons (Fsp3) is 0.282. The summed E-state index contributed by atoms with van der Waals surface area (Å²) in [7, 11) is 0. The van der Waals surface area contributed by atoms with Gasteiger partial charge in [-0.15, -0.1) is 0 Å². The van der Waals surface area contributed by atoms with Crippen molar-refractivity contribution in [2.75, 3.05) is 23.3 Å². The smallest absolute Gasteiger partial charge is 0.404 e. The first-order valence-corrected chi connectivity index (χ1v) is 16.7. The number of hydrogen-bond acceptors (Lipinski definition) is 8. The minimum atomic E-state index is -4.56. The number of piperidine rings is 1. The number of anilines is 2. The van der Waals surface area contributed by atoms with Crippen LogP contribution < -0.4 is 21.3 Å². The molecule has 1 atom stereocenters. The third kappa shape index (κ3) is 8.81. The van der Waals surface area contributed by atoms with Crippen LogP contribution in [0.15, 0.2) is 83.5 Å². The number of aliphatic imine (C=N–C) groups is 1. The molecular formula is C39H37F3N6O5. The lowest BCUT2D eigenvalue weighted by Gasteiger charge is -2.38. The van der Waals surface area contributed by atoms with Gasteiger partial charge in [0, 0.05) is 54.4 Å². The maximum atomic E-state index is 13.5. The molecule has 0 saturated carbocycles. The minimum Gasteiger partial charge on any atom is -0.404 e. The third-order valence-electron chi connectivity index (χ3n) is 8.95.